The maximum absolute atomic E-state index is 12.3. The topological polar surface area (TPSA) is 68.2 Å². The summed E-state index contributed by atoms with van der Waals surface area (Å²) < 4.78 is 6.09. The van der Waals surface area contributed by atoms with Crippen molar-refractivity contribution >= 4 is 23.4 Å². The van der Waals surface area contributed by atoms with E-state index in [-0.39, 0.29) is 5.91 Å². The first-order valence-electron chi connectivity index (χ1n) is 8.59. The molecule has 0 saturated heterocycles. The van der Waals surface area contributed by atoms with Gasteiger partial charge in [-0.05, 0) is 12.5 Å². The van der Waals surface area contributed by atoms with E-state index in [9.17, 15) is 4.79 Å². The predicted octanol–water partition coefficient (Wildman–Crippen LogP) is 3.91. The lowest BCUT2D eigenvalue weighted by molar-refractivity contribution is -0.118. The molecule has 2 heterocycles. The first-order valence-corrected chi connectivity index (χ1v) is 9.57. The molecule has 2 aromatic rings. The molecule has 0 radical (unpaired) electrons. The number of ether oxygens (including phenoxy) is 1. The molecule has 0 spiro atoms. The third-order valence-corrected chi connectivity index (χ3v) is 4.93. The van der Waals surface area contributed by atoms with Crippen LogP contribution in [0, 0.1) is 0 Å². The van der Waals surface area contributed by atoms with Crippen LogP contribution in [0.1, 0.15) is 40.0 Å². The largest absolute Gasteiger partial charge is 0.451 e. The molecular weight excluding hydrogens is 336 g/mol. The molecule has 6 nitrogen and oxygen atoms in total. The number of rotatable bonds is 5. The fraction of sp³-hybridized carbons (Fsp3) is 0.444. The van der Waals surface area contributed by atoms with E-state index in [1.807, 2.05) is 31.2 Å². The Bertz CT molecular complexity index is 768. The van der Waals surface area contributed by atoms with Gasteiger partial charge >= 0.3 is 0 Å². The number of fused-ring (bicyclic) bond motifs is 3. The van der Waals surface area contributed by atoms with Crippen molar-refractivity contribution in [1.82, 2.24) is 15.2 Å². The Hall–Kier alpha value is -2.15. The smallest absolute Gasteiger partial charge is 0.247 e. The van der Waals surface area contributed by atoms with Crippen LogP contribution in [0.3, 0.4) is 0 Å². The summed E-state index contributed by atoms with van der Waals surface area (Å²) in [5.41, 5.74) is 2.18. The number of aromatic nitrogens is 3. The Labute approximate surface area is 152 Å². The number of carbonyl (C=O) groups is 1. The summed E-state index contributed by atoms with van der Waals surface area (Å²) in [6.45, 7) is 5.68. The number of anilines is 1. The van der Waals surface area contributed by atoms with Gasteiger partial charge in [0.2, 0.25) is 16.9 Å². The summed E-state index contributed by atoms with van der Waals surface area (Å²) in [6, 6.07) is 7.65. The van der Waals surface area contributed by atoms with Crippen molar-refractivity contribution in [3.63, 3.8) is 0 Å². The quantitative estimate of drug-likeness (QED) is 0.596. The van der Waals surface area contributed by atoms with Crippen LogP contribution in [0.5, 0.6) is 5.88 Å². The second kappa shape index (κ2) is 7.82. The highest BCUT2D eigenvalue weighted by atomic mass is 32.2. The Kier molecular flexibility index (Phi) is 5.53. The summed E-state index contributed by atoms with van der Waals surface area (Å²) in [6.07, 6.45) is 2.46. The average molecular weight is 358 g/mol. The molecule has 1 aliphatic rings. The van der Waals surface area contributed by atoms with Gasteiger partial charge in [0.25, 0.3) is 0 Å². The third-order valence-electron chi connectivity index (χ3n) is 4.01. The maximum atomic E-state index is 12.3. The molecular formula is C18H22N4O2S. The standard InChI is InChI=1S/C18H22N4O2S/c1-4-6-11-25-18-19-17-16(20-21-18)13-9-7-8-10-14(13)22(12(3)23)15(5-2)24-17/h7-10,15H,4-6,11H2,1-3H3/t15-/m1/s1. The maximum Gasteiger partial charge on any atom is 0.247 e. The second-order valence-electron chi connectivity index (χ2n) is 5.84. The van der Waals surface area contributed by atoms with Crippen LogP contribution in [-0.2, 0) is 4.79 Å². The van der Waals surface area contributed by atoms with Gasteiger partial charge in [0.15, 0.2) is 11.9 Å². The number of unbranched alkanes of at least 4 members (excludes halogenated alkanes) is 1. The van der Waals surface area contributed by atoms with Crippen molar-refractivity contribution < 1.29 is 9.53 Å². The number of amides is 1. The van der Waals surface area contributed by atoms with Crippen molar-refractivity contribution in [2.45, 2.75) is 51.4 Å². The van der Waals surface area contributed by atoms with E-state index in [0.717, 1.165) is 29.8 Å². The van der Waals surface area contributed by atoms with Crippen LogP contribution in [0.25, 0.3) is 11.3 Å². The third kappa shape index (κ3) is 3.61. The van der Waals surface area contributed by atoms with E-state index in [4.69, 9.17) is 4.74 Å². The minimum absolute atomic E-state index is 0.0717. The zero-order chi connectivity index (χ0) is 17.8. The Morgan fingerprint density at radius 3 is 2.80 bits per heavy atom. The van der Waals surface area contributed by atoms with Crippen molar-refractivity contribution in [3.05, 3.63) is 24.3 Å². The van der Waals surface area contributed by atoms with E-state index in [1.54, 1.807) is 23.6 Å². The van der Waals surface area contributed by atoms with Gasteiger partial charge in [0.1, 0.15) is 0 Å². The van der Waals surface area contributed by atoms with Gasteiger partial charge in [-0.25, -0.2) is 0 Å². The van der Waals surface area contributed by atoms with Crippen LogP contribution < -0.4 is 9.64 Å². The van der Waals surface area contributed by atoms with E-state index < -0.39 is 6.23 Å². The molecule has 0 N–H and O–H groups in total. The molecule has 1 aliphatic heterocycles. The highest BCUT2D eigenvalue weighted by Crippen LogP contribution is 2.39. The van der Waals surface area contributed by atoms with Gasteiger partial charge in [0.05, 0.1) is 5.69 Å². The Balaban J connectivity index is 2.06. The summed E-state index contributed by atoms with van der Waals surface area (Å²) in [5, 5.41) is 9.22. The number of thioether (sulfide) groups is 1. The molecule has 0 unspecified atom stereocenters. The van der Waals surface area contributed by atoms with Crippen molar-refractivity contribution in [2.24, 2.45) is 0 Å². The lowest BCUT2D eigenvalue weighted by Gasteiger charge is -2.28. The molecule has 0 fully saturated rings. The van der Waals surface area contributed by atoms with Gasteiger partial charge in [0, 0.05) is 24.7 Å². The normalized spacial score (nSPS) is 15.8. The lowest BCUT2D eigenvalue weighted by Crippen LogP contribution is -2.42. The zero-order valence-corrected chi connectivity index (χ0v) is 15.5. The Morgan fingerprint density at radius 1 is 1.28 bits per heavy atom. The molecule has 25 heavy (non-hydrogen) atoms. The van der Waals surface area contributed by atoms with Crippen LogP contribution in [0.15, 0.2) is 29.4 Å². The summed E-state index contributed by atoms with van der Waals surface area (Å²) in [5.74, 6) is 1.32. The van der Waals surface area contributed by atoms with E-state index in [0.29, 0.717) is 23.2 Å². The van der Waals surface area contributed by atoms with Crippen LogP contribution in [0.2, 0.25) is 0 Å². The summed E-state index contributed by atoms with van der Waals surface area (Å²) in [4.78, 5) is 18.5. The van der Waals surface area contributed by atoms with Gasteiger partial charge in [-0.1, -0.05) is 50.2 Å². The average Bonchev–Trinajstić information content (AvgIpc) is 2.75. The molecule has 1 amide bonds. The number of hydrogen-bond donors (Lipinski definition) is 0. The number of hydrogen-bond acceptors (Lipinski definition) is 6. The molecule has 7 heteroatoms. The monoisotopic (exact) mass is 358 g/mol. The van der Waals surface area contributed by atoms with Crippen molar-refractivity contribution in [3.8, 4) is 17.1 Å². The fourth-order valence-corrected chi connectivity index (χ4v) is 3.64. The first kappa shape index (κ1) is 17.7. The lowest BCUT2D eigenvalue weighted by atomic mass is 10.1. The molecule has 0 aliphatic carbocycles. The molecule has 0 bridgehead atoms. The number of benzene rings is 1. The highest BCUT2D eigenvalue weighted by Gasteiger charge is 2.32. The van der Waals surface area contributed by atoms with E-state index in [1.165, 1.54) is 0 Å². The molecule has 132 valence electrons. The molecule has 1 aromatic heterocycles. The van der Waals surface area contributed by atoms with Gasteiger partial charge in [-0.15, -0.1) is 10.2 Å². The van der Waals surface area contributed by atoms with Crippen LogP contribution in [0.4, 0.5) is 5.69 Å². The first-order chi connectivity index (χ1) is 12.2. The molecule has 0 saturated carbocycles. The summed E-state index contributed by atoms with van der Waals surface area (Å²) >= 11 is 1.58. The number of para-hydroxylation sites is 1. The second-order valence-corrected chi connectivity index (χ2v) is 6.90. The van der Waals surface area contributed by atoms with Gasteiger partial charge in [-0.2, -0.15) is 4.98 Å². The van der Waals surface area contributed by atoms with Crippen molar-refractivity contribution in [1.29, 1.82) is 0 Å². The number of nitrogens with zero attached hydrogens (tertiary/aromatic N) is 4. The van der Waals surface area contributed by atoms with E-state index in [2.05, 4.69) is 22.1 Å². The Morgan fingerprint density at radius 2 is 2.08 bits per heavy atom. The van der Waals surface area contributed by atoms with E-state index >= 15 is 0 Å². The zero-order valence-electron chi connectivity index (χ0n) is 14.7. The predicted molar refractivity (Wildman–Crippen MR) is 98.8 cm³/mol. The number of carbonyl (C=O) groups excluding carboxylic acids is 1. The molecule has 3 rings (SSSR count). The minimum atomic E-state index is -0.412. The fourth-order valence-electron chi connectivity index (χ4n) is 2.78. The van der Waals surface area contributed by atoms with Crippen LogP contribution >= 0.6 is 11.8 Å². The summed E-state index contributed by atoms with van der Waals surface area (Å²) in [7, 11) is 0. The minimum Gasteiger partial charge on any atom is -0.451 e. The molecule has 1 aromatic carbocycles. The highest BCUT2D eigenvalue weighted by molar-refractivity contribution is 7.99. The molecule has 1 atom stereocenters. The van der Waals surface area contributed by atoms with Crippen molar-refractivity contribution in [2.75, 3.05) is 10.7 Å². The van der Waals surface area contributed by atoms with Gasteiger partial charge in [-0.3, -0.25) is 9.69 Å². The SMILES string of the molecule is CCCCSc1nnc2c(n1)O[C@H](CC)N(C(C)=O)c1ccccc1-2. The van der Waals surface area contributed by atoms with Gasteiger partial charge < -0.3 is 4.74 Å². The van der Waals surface area contributed by atoms with Crippen LogP contribution in [-0.4, -0.2) is 33.1 Å².